The van der Waals surface area contributed by atoms with E-state index in [9.17, 15) is 4.79 Å². The SMILES string of the molecule is O=C(NCc1cccs1)[C@@H]1C[C@H]2CCN(Cc3ccoc3)C[C@@H]2O1. The van der Waals surface area contributed by atoms with Gasteiger partial charge in [0.15, 0.2) is 0 Å². The van der Waals surface area contributed by atoms with Crippen LogP contribution in [0.5, 0.6) is 0 Å². The number of nitrogens with zero attached hydrogens (tertiary/aromatic N) is 1. The van der Waals surface area contributed by atoms with Gasteiger partial charge >= 0.3 is 0 Å². The van der Waals surface area contributed by atoms with E-state index < -0.39 is 0 Å². The van der Waals surface area contributed by atoms with Crippen LogP contribution in [0, 0.1) is 5.92 Å². The van der Waals surface area contributed by atoms with Crippen molar-refractivity contribution in [3.8, 4) is 0 Å². The van der Waals surface area contributed by atoms with Gasteiger partial charge in [0.1, 0.15) is 6.10 Å². The molecule has 3 atom stereocenters. The number of furan rings is 1. The highest BCUT2D eigenvalue weighted by Gasteiger charge is 2.41. The standard InChI is InChI=1S/C18H22N2O3S/c21-18(19-9-15-2-1-7-24-15)16-8-14-3-5-20(11-17(14)23-16)10-13-4-6-22-12-13/h1-2,4,6-7,12,14,16-17H,3,5,8-11H2,(H,19,21)/t14-,16+,17+/m1/s1. The fourth-order valence-electron chi connectivity index (χ4n) is 3.65. The van der Waals surface area contributed by atoms with E-state index in [2.05, 4.69) is 10.2 Å². The molecular weight excluding hydrogens is 324 g/mol. The van der Waals surface area contributed by atoms with Gasteiger partial charge in [0, 0.05) is 23.5 Å². The van der Waals surface area contributed by atoms with Crippen LogP contribution in [0.3, 0.4) is 0 Å². The third-order valence-electron chi connectivity index (χ3n) is 4.93. The molecule has 24 heavy (non-hydrogen) atoms. The fourth-order valence-corrected chi connectivity index (χ4v) is 4.29. The maximum Gasteiger partial charge on any atom is 0.249 e. The van der Waals surface area contributed by atoms with Crippen molar-refractivity contribution in [2.75, 3.05) is 13.1 Å². The maximum atomic E-state index is 12.4. The molecule has 2 aromatic heterocycles. The van der Waals surface area contributed by atoms with Crippen molar-refractivity contribution < 1.29 is 13.9 Å². The number of hydrogen-bond donors (Lipinski definition) is 1. The lowest BCUT2D eigenvalue weighted by Gasteiger charge is -2.33. The Hall–Kier alpha value is -1.63. The van der Waals surface area contributed by atoms with Crippen molar-refractivity contribution in [1.82, 2.24) is 10.2 Å². The number of carbonyl (C=O) groups excluding carboxylic acids is 1. The van der Waals surface area contributed by atoms with Crippen LogP contribution in [0.4, 0.5) is 0 Å². The van der Waals surface area contributed by atoms with Crippen LogP contribution in [-0.4, -0.2) is 36.1 Å². The number of thiophene rings is 1. The summed E-state index contributed by atoms with van der Waals surface area (Å²) in [6, 6.07) is 6.04. The van der Waals surface area contributed by atoms with Crippen LogP contribution in [0.2, 0.25) is 0 Å². The smallest absolute Gasteiger partial charge is 0.249 e. The second-order valence-electron chi connectivity index (χ2n) is 6.61. The van der Waals surface area contributed by atoms with E-state index in [1.54, 1.807) is 23.9 Å². The van der Waals surface area contributed by atoms with Gasteiger partial charge in [-0.3, -0.25) is 9.69 Å². The molecule has 0 bridgehead atoms. The summed E-state index contributed by atoms with van der Waals surface area (Å²) in [6.07, 6.45) is 5.32. The van der Waals surface area contributed by atoms with Gasteiger partial charge in [0.2, 0.25) is 5.91 Å². The van der Waals surface area contributed by atoms with Gasteiger partial charge in [-0.1, -0.05) is 6.07 Å². The Kier molecular flexibility index (Phi) is 4.69. The van der Waals surface area contributed by atoms with Crippen LogP contribution in [0.25, 0.3) is 0 Å². The number of hydrogen-bond acceptors (Lipinski definition) is 5. The predicted octanol–water partition coefficient (Wildman–Crippen LogP) is 2.64. The van der Waals surface area contributed by atoms with Gasteiger partial charge in [-0.25, -0.2) is 0 Å². The number of rotatable bonds is 5. The topological polar surface area (TPSA) is 54.7 Å². The summed E-state index contributed by atoms with van der Waals surface area (Å²) in [6.45, 7) is 3.43. The van der Waals surface area contributed by atoms with Crippen LogP contribution < -0.4 is 5.32 Å². The van der Waals surface area contributed by atoms with E-state index >= 15 is 0 Å². The summed E-state index contributed by atoms with van der Waals surface area (Å²) in [4.78, 5) is 15.9. The predicted molar refractivity (Wildman–Crippen MR) is 91.5 cm³/mol. The summed E-state index contributed by atoms with van der Waals surface area (Å²) in [5.41, 5.74) is 1.19. The molecular formula is C18H22N2O3S. The Morgan fingerprint density at radius 3 is 3.17 bits per heavy atom. The average Bonchev–Trinajstić information content (AvgIpc) is 3.33. The minimum atomic E-state index is -0.297. The van der Waals surface area contributed by atoms with Crippen molar-refractivity contribution in [2.24, 2.45) is 5.92 Å². The summed E-state index contributed by atoms with van der Waals surface area (Å²) in [7, 11) is 0. The molecule has 0 unspecified atom stereocenters. The Morgan fingerprint density at radius 2 is 2.38 bits per heavy atom. The summed E-state index contributed by atoms with van der Waals surface area (Å²) in [5, 5.41) is 5.03. The number of ether oxygens (including phenoxy) is 1. The van der Waals surface area contributed by atoms with E-state index in [1.165, 1.54) is 10.4 Å². The van der Waals surface area contributed by atoms with Crippen LogP contribution >= 0.6 is 11.3 Å². The number of amides is 1. The van der Waals surface area contributed by atoms with Gasteiger partial charge in [-0.2, -0.15) is 0 Å². The number of carbonyl (C=O) groups is 1. The maximum absolute atomic E-state index is 12.4. The molecule has 2 aliphatic heterocycles. The highest BCUT2D eigenvalue weighted by atomic mass is 32.1. The summed E-state index contributed by atoms with van der Waals surface area (Å²) in [5.74, 6) is 0.530. The minimum Gasteiger partial charge on any atom is -0.472 e. The van der Waals surface area contributed by atoms with Gasteiger partial charge in [-0.15, -0.1) is 11.3 Å². The molecule has 5 nitrogen and oxygen atoms in total. The molecule has 0 aromatic carbocycles. The Labute approximate surface area is 145 Å². The number of piperidine rings is 1. The first-order chi connectivity index (χ1) is 11.8. The normalized spacial score (nSPS) is 27.1. The quantitative estimate of drug-likeness (QED) is 0.904. The molecule has 2 fully saturated rings. The third-order valence-corrected chi connectivity index (χ3v) is 5.81. The largest absolute Gasteiger partial charge is 0.472 e. The Bertz CT molecular complexity index is 656. The molecule has 2 aliphatic rings. The zero-order valence-corrected chi connectivity index (χ0v) is 14.3. The highest BCUT2D eigenvalue weighted by Crippen LogP contribution is 2.33. The molecule has 6 heteroatoms. The molecule has 0 saturated carbocycles. The van der Waals surface area contributed by atoms with Crippen LogP contribution in [0.15, 0.2) is 40.5 Å². The lowest BCUT2D eigenvalue weighted by atomic mass is 9.91. The monoisotopic (exact) mass is 346 g/mol. The van der Waals surface area contributed by atoms with Crippen molar-refractivity contribution in [3.63, 3.8) is 0 Å². The van der Waals surface area contributed by atoms with Gasteiger partial charge in [-0.05, 0) is 42.8 Å². The molecule has 1 amide bonds. The average molecular weight is 346 g/mol. The molecule has 4 rings (SSSR count). The van der Waals surface area contributed by atoms with Crippen molar-refractivity contribution in [2.45, 2.75) is 38.1 Å². The van der Waals surface area contributed by atoms with E-state index in [4.69, 9.17) is 9.15 Å². The van der Waals surface area contributed by atoms with Gasteiger partial charge in [0.05, 0.1) is 25.2 Å². The molecule has 2 saturated heterocycles. The molecule has 1 N–H and O–H groups in total. The van der Waals surface area contributed by atoms with E-state index in [0.717, 1.165) is 32.5 Å². The molecule has 0 spiro atoms. The zero-order valence-electron chi connectivity index (χ0n) is 13.5. The van der Waals surface area contributed by atoms with Crippen LogP contribution in [-0.2, 0) is 22.6 Å². The summed E-state index contributed by atoms with van der Waals surface area (Å²) < 4.78 is 11.2. The highest BCUT2D eigenvalue weighted by molar-refractivity contribution is 7.09. The molecule has 0 aliphatic carbocycles. The fraction of sp³-hybridized carbons (Fsp3) is 0.500. The first kappa shape index (κ1) is 15.9. The van der Waals surface area contributed by atoms with E-state index in [1.807, 2.05) is 23.6 Å². The Morgan fingerprint density at radius 1 is 1.42 bits per heavy atom. The van der Waals surface area contributed by atoms with Gasteiger partial charge in [0.25, 0.3) is 0 Å². The molecule has 128 valence electrons. The van der Waals surface area contributed by atoms with E-state index in [0.29, 0.717) is 12.5 Å². The van der Waals surface area contributed by atoms with Crippen molar-refractivity contribution in [3.05, 3.63) is 46.5 Å². The second kappa shape index (κ2) is 7.09. The van der Waals surface area contributed by atoms with Crippen molar-refractivity contribution >= 4 is 17.2 Å². The first-order valence-electron chi connectivity index (χ1n) is 8.47. The first-order valence-corrected chi connectivity index (χ1v) is 9.35. The molecule has 0 radical (unpaired) electrons. The molecule has 4 heterocycles. The van der Waals surface area contributed by atoms with Crippen molar-refractivity contribution in [1.29, 1.82) is 0 Å². The van der Waals surface area contributed by atoms with Crippen LogP contribution in [0.1, 0.15) is 23.3 Å². The summed E-state index contributed by atoms with van der Waals surface area (Å²) >= 11 is 1.66. The van der Waals surface area contributed by atoms with Gasteiger partial charge < -0.3 is 14.5 Å². The van der Waals surface area contributed by atoms with E-state index in [-0.39, 0.29) is 18.1 Å². The number of likely N-dealkylation sites (tertiary alicyclic amines) is 1. The number of fused-ring (bicyclic) bond motifs is 1. The second-order valence-corrected chi connectivity index (χ2v) is 7.64. The third kappa shape index (κ3) is 3.55. The lowest BCUT2D eigenvalue weighted by molar-refractivity contribution is -0.133. The minimum absolute atomic E-state index is 0.0270. The Balaban J connectivity index is 1.28. The zero-order chi connectivity index (χ0) is 16.4. The number of nitrogens with one attached hydrogen (secondary N) is 1. The molecule has 2 aromatic rings. The lowest BCUT2D eigenvalue weighted by Crippen LogP contribution is -2.42.